The van der Waals surface area contributed by atoms with E-state index in [1.807, 2.05) is 0 Å². The van der Waals surface area contributed by atoms with Crippen LogP contribution in [0.15, 0.2) is 0 Å². The van der Waals surface area contributed by atoms with E-state index in [1.54, 1.807) is 0 Å². The molecule has 1 saturated heterocycles. The van der Waals surface area contributed by atoms with Crippen LogP contribution >= 0.6 is 0 Å². The maximum absolute atomic E-state index is 12.6. The van der Waals surface area contributed by atoms with Gasteiger partial charge in [0, 0.05) is 12.1 Å². The van der Waals surface area contributed by atoms with E-state index < -0.39 is 12.1 Å². The van der Waals surface area contributed by atoms with Crippen LogP contribution in [0.5, 0.6) is 0 Å². The maximum Gasteiger partial charge on any atom is 0.391 e. The predicted molar refractivity (Wildman–Crippen MR) is 67.6 cm³/mol. The smallest absolute Gasteiger partial charge is 0.313 e. The highest BCUT2D eigenvalue weighted by molar-refractivity contribution is 4.84. The minimum absolute atomic E-state index is 0.244. The number of nitrogens with one attached hydrogen (secondary N) is 1. The lowest BCUT2D eigenvalue weighted by Gasteiger charge is -2.39. The number of rotatable bonds is 5. The Hall–Kier alpha value is -0.290. The van der Waals surface area contributed by atoms with Crippen LogP contribution in [0.4, 0.5) is 13.2 Å². The van der Waals surface area contributed by atoms with Gasteiger partial charge in [0.1, 0.15) is 0 Å². The predicted octanol–water partition coefficient (Wildman–Crippen LogP) is 3.04. The van der Waals surface area contributed by atoms with E-state index in [0.29, 0.717) is 25.2 Å². The Bertz CT molecular complexity index is 235. The number of piperidine rings is 1. The molecule has 0 spiro atoms. The highest BCUT2D eigenvalue weighted by Crippen LogP contribution is 2.34. The summed E-state index contributed by atoms with van der Waals surface area (Å²) in [4.78, 5) is 2.18. The SMILES string of the molecule is CCCNC(C)C(C)N1CCC(C(F)(F)F)CC1. The van der Waals surface area contributed by atoms with Crippen molar-refractivity contribution in [1.82, 2.24) is 10.2 Å². The Balaban J connectivity index is 2.38. The second-order valence-corrected chi connectivity index (χ2v) is 5.34. The molecule has 2 atom stereocenters. The van der Waals surface area contributed by atoms with E-state index in [2.05, 4.69) is 31.0 Å². The van der Waals surface area contributed by atoms with Gasteiger partial charge in [-0.2, -0.15) is 13.2 Å². The quantitative estimate of drug-likeness (QED) is 0.823. The summed E-state index contributed by atoms with van der Waals surface area (Å²) >= 11 is 0. The molecule has 0 radical (unpaired) electrons. The molecule has 0 aromatic carbocycles. The van der Waals surface area contributed by atoms with E-state index in [4.69, 9.17) is 0 Å². The maximum atomic E-state index is 12.6. The Morgan fingerprint density at radius 2 is 1.78 bits per heavy atom. The number of hydrogen-bond donors (Lipinski definition) is 1. The van der Waals surface area contributed by atoms with Gasteiger partial charge >= 0.3 is 6.18 Å². The van der Waals surface area contributed by atoms with Crippen LogP contribution in [0.25, 0.3) is 0 Å². The van der Waals surface area contributed by atoms with Crippen molar-refractivity contribution in [2.45, 2.75) is 58.3 Å². The van der Waals surface area contributed by atoms with Crippen molar-refractivity contribution in [3.63, 3.8) is 0 Å². The largest absolute Gasteiger partial charge is 0.391 e. The third-order valence-electron chi connectivity index (χ3n) is 4.01. The first kappa shape index (κ1) is 15.8. The molecule has 18 heavy (non-hydrogen) atoms. The average Bonchev–Trinajstić information content (AvgIpc) is 2.34. The third kappa shape index (κ3) is 4.43. The van der Waals surface area contributed by atoms with Crippen LogP contribution < -0.4 is 5.32 Å². The Labute approximate surface area is 108 Å². The lowest BCUT2D eigenvalue weighted by molar-refractivity contribution is -0.186. The summed E-state index contributed by atoms with van der Waals surface area (Å²) < 4.78 is 37.7. The summed E-state index contributed by atoms with van der Waals surface area (Å²) in [5.74, 6) is -1.10. The summed E-state index contributed by atoms with van der Waals surface area (Å²) in [6, 6.07) is 0.623. The molecule has 0 saturated carbocycles. The third-order valence-corrected chi connectivity index (χ3v) is 4.01. The fraction of sp³-hybridized carbons (Fsp3) is 1.00. The van der Waals surface area contributed by atoms with Gasteiger partial charge in [0.25, 0.3) is 0 Å². The highest BCUT2D eigenvalue weighted by Gasteiger charge is 2.41. The minimum atomic E-state index is -4.01. The molecular formula is C13H25F3N2. The van der Waals surface area contributed by atoms with E-state index in [0.717, 1.165) is 13.0 Å². The molecule has 0 amide bonds. The average molecular weight is 266 g/mol. The van der Waals surface area contributed by atoms with Gasteiger partial charge in [0.05, 0.1) is 5.92 Å². The monoisotopic (exact) mass is 266 g/mol. The highest BCUT2D eigenvalue weighted by atomic mass is 19.4. The minimum Gasteiger partial charge on any atom is -0.313 e. The summed E-state index contributed by atoms with van der Waals surface area (Å²) in [6.45, 7) is 8.40. The fourth-order valence-electron chi connectivity index (χ4n) is 2.49. The zero-order valence-electron chi connectivity index (χ0n) is 11.6. The Morgan fingerprint density at radius 1 is 1.22 bits per heavy atom. The molecule has 0 aliphatic carbocycles. The molecule has 2 unspecified atom stereocenters. The van der Waals surface area contributed by atoms with E-state index >= 15 is 0 Å². The van der Waals surface area contributed by atoms with Gasteiger partial charge in [0.15, 0.2) is 0 Å². The molecular weight excluding hydrogens is 241 g/mol. The van der Waals surface area contributed by atoms with Crippen LogP contribution in [-0.4, -0.2) is 42.8 Å². The van der Waals surface area contributed by atoms with Gasteiger partial charge < -0.3 is 5.32 Å². The molecule has 0 bridgehead atoms. The first-order valence-corrected chi connectivity index (χ1v) is 6.90. The van der Waals surface area contributed by atoms with Crippen LogP contribution in [0.2, 0.25) is 0 Å². The van der Waals surface area contributed by atoms with Crippen molar-refractivity contribution in [3.05, 3.63) is 0 Å². The molecule has 1 rings (SSSR count). The number of alkyl halides is 3. The zero-order valence-corrected chi connectivity index (χ0v) is 11.6. The standard InChI is InChI=1S/C13H25F3N2/c1-4-7-17-10(2)11(3)18-8-5-12(6-9-18)13(14,15)16/h10-12,17H,4-9H2,1-3H3. The van der Waals surface area contributed by atoms with E-state index in [1.165, 1.54) is 0 Å². The van der Waals surface area contributed by atoms with Crippen molar-refractivity contribution in [2.24, 2.45) is 5.92 Å². The van der Waals surface area contributed by atoms with E-state index in [-0.39, 0.29) is 12.8 Å². The Kier molecular flexibility index (Phi) is 5.92. The van der Waals surface area contributed by atoms with Crippen molar-refractivity contribution in [2.75, 3.05) is 19.6 Å². The number of halogens is 3. The molecule has 1 aliphatic heterocycles. The van der Waals surface area contributed by atoms with Gasteiger partial charge in [0.2, 0.25) is 0 Å². The summed E-state index contributed by atoms with van der Waals surface area (Å²) in [6.07, 6.45) is -2.45. The molecule has 0 aromatic heterocycles. The molecule has 5 heteroatoms. The van der Waals surface area contributed by atoms with Crippen molar-refractivity contribution in [3.8, 4) is 0 Å². The lowest BCUT2D eigenvalue weighted by Crippen LogP contribution is -2.51. The molecule has 1 N–H and O–H groups in total. The first-order valence-electron chi connectivity index (χ1n) is 6.90. The van der Waals surface area contributed by atoms with Crippen LogP contribution in [0.3, 0.4) is 0 Å². The topological polar surface area (TPSA) is 15.3 Å². The van der Waals surface area contributed by atoms with Crippen molar-refractivity contribution in [1.29, 1.82) is 0 Å². The van der Waals surface area contributed by atoms with Crippen LogP contribution in [0.1, 0.15) is 40.0 Å². The van der Waals surface area contributed by atoms with Gasteiger partial charge in [-0.15, -0.1) is 0 Å². The second kappa shape index (κ2) is 6.75. The molecule has 1 aliphatic rings. The van der Waals surface area contributed by atoms with E-state index in [9.17, 15) is 13.2 Å². The molecule has 1 heterocycles. The summed E-state index contributed by atoms with van der Waals surface area (Å²) in [5.41, 5.74) is 0. The Morgan fingerprint density at radius 3 is 2.22 bits per heavy atom. The molecule has 0 aromatic rings. The van der Waals surface area contributed by atoms with Crippen LogP contribution in [-0.2, 0) is 0 Å². The van der Waals surface area contributed by atoms with Crippen molar-refractivity contribution >= 4 is 0 Å². The first-order chi connectivity index (χ1) is 8.36. The van der Waals surface area contributed by atoms with Gasteiger partial charge in [-0.1, -0.05) is 6.92 Å². The van der Waals surface area contributed by atoms with Gasteiger partial charge in [-0.05, 0) is 52.7 Å². The number of likely N-dealkylation sites (tertiary alicyclic amines) is 1. The second-order valence-electron chi connectivity index (χ2n) is 5.34. The normalized spacial score (nSPS) is 23.0. The summed E-state index contributed by atoms with van der Waals surface area (Å²) in [7, 11) is 0. The van der Waals surface area contributed by atoms with Crippen LogP contribution in [0, 0.1) is 5.92 Å². The summed E-state index contributed by atoms with van der Waals surface area (Å²) in [5, 5.41) is 3.41. The lowest BCUT2D eigenvalue weighted by atomic mass is 9.94. The zero-order chi connectivity index (χ0) is 13.8. The molecule has 1 fully saturated rings. The molecule has 2 nitrogen and oxygen atoms in total. The molecule has 108 valence electrons. The number of nitrogens with zero attached hydrogens (tertiary/aromatic N) is 1. The van der Waals surface area contributed by atoms with Gasteiger partial charge in [-0.25, -0.2) is 0 Å². The van der Waals surface area contributed by atoms with Crippen molar-refractivity contribution < 1.29 is 13.2 Å². The number of hydrogen-bond acceptors (Lipinski definition) is 2. The van der Waals surface area contributed by atoms with Gasteiger partial charge in [-0.3, -0.25) is 4.90 Å². The fourth-order valence-corrected chi connectivity index (χ4v) is 2.49.